The van der Waals surface area contributed by atoms with Crippen LogP contribution in [0.2, 0.25) is 0 Å². The molecule has 0 aliphatic heterocycles. The van der Waals surface area contributed by atoms with Crippen LogP contribution >= 0.6 is 0 Å². The highest BCUT2D eigenvalue weighted by Gasteiger charge is 2.06. The molecule has 69 heavy (non-hydrogen) atoms. The van der Waals surface area contributed by atoms with E-state index in [1.807, 2.05) is 110 Å². The van der Waals surface area contributed by atoms with Crippen LogP contribution in [0.1, 0.15) is 116 Å². The zero-order valence-electron chi connectivity index (χ0n) is 42.4. The van der Waals surface area contributed by atoms with Gasteiger partial charge in [0.15, 0.2) is 17.5 Å². The van der Waals surface area contributed by atoms with Gasteiger partial charge in [-0.1, -0.05) is 67.2 Å². The molecule has 0 spiro atoms. The highest BCUT2D eigenvalue weighted by atomic mass is 16.5. The highest BCUT2D eigenvalue weighted by Crippen LogP contribution is 2.22. The quantitative estimate of drug-likeness (QED) is 0.0398. The number of rotatable bonds is 30. The molecule has 0 aliphatic rings. The van der Waals surface area contributed by atoms with Gasteiger partial charge < -0.3 is 28.4 Å². The van der Waals surface area contributed by atoms with E-state index in [4.69, 9.17) is 28.4 Å². The summed E-state index contributed by atoms with van der Waals surface area (Å²) in [6.07, 6.45) is 24.9. The number of benzene rings is 3. The van der Waals surface area contributed by atoms with Crippen LogP contribution < -0.4 is 14.2 Å². The van der Waals surface area contributed by atoms with Crippen LogP contribution in [0, 0.1) is 0 Å². The summed E-state index contributed by atoms with van der Waals surface area (Å²) in [6, 6.07) is 23.6. The average Bonchev–Trinajstić information content (AvgIpc) is 3.40. The van der Waals surface area contributed by atoms with Gasteiger partial charge in [-0.25, -0.2) is 29.9 Å². The summed E-state index contributed by atoms with van der Waals surface area (Å²) in [5.74, 6) is 4.78. The first-order valence-corrected chi connectivity index (χ1v) is 25.4. The summed E-state index contributed by atoms with van der Waals surface area (Å²) < 4.78 is 33.1. The van der Waals surface area contributed by atoms with Crippen molar-refractivity contribution < 1.29 is 28.4 Å². The topological polar surface area (TPSA) is 133 Å². The molecule has 3 heterocycles. The number of unbranched alkanes of at least 4 members (excludes halogenated alkanes) is 3. The van der Waals surface area contributed by atoms with E-state index in [-0.39, 0.29) is 0 Å². The van der Waals surface area contributed by atoms with Crippen molar-refractivity contribution in [1.29, 1.82) is 0 Å². The second kappa shape index (κ2) is 35.3. The minimum Gasteiger partial charge on any atom is -0.491 e. The molecule has 0 N–H and O–H groups in total. The van der Waals surface area contributed by atoms with Crippen LogP contribution in [0.3, 0.4) is 0 Å². The third-order valence-corrected chi connectivity index (χ3v) is 10.4. The molecule has 0 amide bonds. The Balaban J connectivity index is 0.000000226. The fraction of sp³-hybridized carbons (Fsp3) is 0.474. The van der Waals surface area contributed by atoms with E-state index in [1.54, 1.807) is 0 Å². The van der Waals surface area contributed by atoms with Gasteiger partial charge in [0.05, 0.1) is 19.8 Å². The molecular formula is C57H78N6O6. The predicted molar refractivity (Wildman–Crippen MR) is 278 cm³/mol. The Labute approximate surface area is 413 Å². The molecule has 12 heteroatoms. The summed E-state index contributed by atoms with van der Waals surface area (Å²) in [4.78, 5) is 26.7. The summed E-state index contributed by atoms with van der Waals surface area (Å²) in [5.41, 5.74) is 6.59. The molecule has 3 aromatic carbocycles. The minimum atomic E-state index is 0.571. The Kier molecular flexibility index (Phi) is 28.5. The number of aryl methyl sites for hydroxylation is 3. The normalized spacial score (nSPS) is 10.7. The average molecular weight is 943 g/mol. The number of hydrogen-bond donors (Lipinski definition) is 0. The van der Waals surface area contributed by atoms with E-state index in [9.17, 15) is 0 Å². The Bertz CT molecular complexity index is 2160. The number of ether oxygens (including phenoxy) is 6. The predicted octanol–water partition coefficient (Wildman–Crippen LogP) is 12.9. The smallest absolute Gasteiger partial charge is 0.159 e. The van der Waals surface area contributed by atoms with E-state index >= 15 is 0 Å². The first kappa shape index (κ1) is 55.8. The number of aromatic nitrogens is 6. The molecule has 0 fully saturated rings. The third kappa shape index (κ3) is 22.9. The van der Waals surface area contributed by atoms with Crippen LogP contribution in [-0.4, -0.2) is 89.4 Å². The van der Waals surface area contributed by atoms with Crippen molar-refractivity contribution >= 4 is 0 Å². The lowest BCUT2D eigenvalue weighted by atomic mass is 10.1. The molecule has 372 valence electrons. The van der Waals surface area contributed by atoms with Crippen molar-refractivity contribution in [3.63, 3.8) is 0 Å². The molecule has 3 aromatic heterocycles. The second-order valence-electron chi connectivity index (χ2n) is 16.5. The third-order valence-electron chi connectivity index (χ3n) is 10.4. The van der Waals surface area contributed by atoms with E-state index in [0.717, 1.165) is 116 Å². The maximum atomic E-state index is 5.65. The molecule has 6 aromatic rings. The zero-order chi connectivity index (χ0) is 49.0. The maximum Gasteiger partial charge on any atom is 0.159 e. The summed E-state index contributed by atoms with van der Waals surface area (Å²) in [5, 5.41) is 0. The van der Waals surface area contributed by atoms with E-state index in [1.165, 1.54) is 48.8 Å². The van der Waals surface area contributed by atoms with Crippen molar-refractivity contribution in [2.24, 2.45) is 0 Å². The summed E-state index contributed by atoms with van der Waals surface area (Å²) >= 11 is 0. The van der Waals surface area contributed by atoms with Gasteiger partial charge in [-0.2, -0.15) is 0 Å². The Morgan fingerprint density at radius 2 is 0.594 bits per heavy atom. The molecule has 0 saturated carbocycles. The Morgan fingerprint density at radius 3 is 0.884 bits per heavy atom. The lowest BCUT2D eigenvalue weighted by molar-refractivity contribution is 0.101. The molecule has 0 radical (unpaired) electrons. The maximum absolute atomic E-state index is 5.65. The van der Waals surface area contributed by atoms with Gasteiger partial charge in [0.25, 0.3) is 0 Å². The summed E-state index contributed by atoms with van der Waals surface area (Å²) in [7, 11) is 0. The molecule has 0 atom stereocenters. The van der Waals surface area contributed by atoms with Crippen LogP contribution in [-0.2, 0) is 33.5 Å². The largest absolute Gasteiger partial charge is 0.491 e. The van der Waals surface area contributed by atoms with Crippen LogP contribution in [0.15, 0.2) is 110 Å². The van der Waals surface area contributed by atoms with Gasteiger partial charge in [0, 0.05) is 73.7 Å². The highest BCUT2D eigenvalue weighted by molar-refractivity contribution is 5.57. The van der Waals surface area contributed by atoms with E-state index in [0.29, 0.717) is 39.6 Å². The lowest BCUT2D eigenvalue weighted by Gasteiger charge is -2.07. The van der Waals surface area contributed by atoms with Crippen molar-refractivity contribution in [1.82, 2.24) is 29.9 Å². The van der Waals surface area contributed by atoms with Gasteiger partial charge in [0.2, 0.25) is 0 Å². The number of hydrogen-bond acceptors (Lipinski definition) is 12. The minimum absolute atomic E-state index is 0.571. The first-order valence-electron chi connectivity index (χ1n) is 25.4. The van der Waals surface area contributed by atoms with E-state index < -0.39 is 0 Å². The molecular weight excluding hydrogens is 865 g/mol. The van der Waals surface area contributed by atoms with Crippen molar-refractivity contribution in [3.05, 3.63) is 127 Å². The Morgan fingerprint density at radius 1 is 0.290 bits per heavy atom. The second-order valence-corrected chi connectivity index (χ2v) is 16.5. The standard InChI is InChI=1S/C20H28N2O2.C19H26N2O2.C18H24N2O2/c1-3-5-6-7-17-15-21-20(22-16-17)18-8-10-19(11-9-18)24-14-13-23-12-4-2;1-3-5-6-16-14-20-19(21-15-16)17-7-9-18(10-8-17)23-13-12-22-11-4-2;1-3-5-15-13-19-18(20-14-15)16-6-8-17(9-7-16)22-12-11-21-10-4-2/h8-11,15-16H,3-7,12-14H2,1-2H3;7-10,14-15H,3-6,11-13H2,1-2H3;6-9,13-14H,3-5,10-12H2,1-2H3. The Hall–Kier alpha value is -5.82. The fourth-order valence-electron chi connectivity index (χ4n) is 6.64. The van der Waals surface area contributed by atoms with Crippen molar-refractivity contribution in [2.45, 2.75) is 119 Å². The SMILES string of the molecule is CCCCCc1cnc(-c2ccc(OCCOCCC)cc2)nc1.CCCCc1cnc(-c2ccc(OCCOCCC)cc2)nc1.CCCOCCOc1ccc(-c2ncc(CCC)cn2)cc1. The molecule has 0 bridgehead atoms. The van der Waals surface area contributed by atoms with Crippen LogP contribution in [0.4, 0.5) is 0 Å². The van der Waals surface area contributed by atoms with Crippen LogP contribution in [0.5, 0.6) is 17.2 Å². The molecule has 0 aliphatic carbocycles. The van der Waals surface area contributed by atoms with Crippen molar-refractivity contribution in [3.8, 4) is 51.4 Å². The number of nitrogens with zero attached hydrogens (tertiary/aromatic N) is 6. The van der Waals surface area contributed by atoms with E-state index in [2.05, 4.69) is 71.4 Å². The zero-order valence-corrected chi connectivity index (χ0v) is 42.4. The molecule has 0 unspecified atom stereocenters. The first-order chi connectivity index (χ1) is 34.0. The van der Waals surface area contributed by atoms with Gasteiger partial charge in [-0.15, -0.1) is 0 Å². The van der Waals surface area contributed by atoms with Crippen molar-refractivity contribution in [2.75, 3.05) is 59.5 Å². The van der Waals surface area contributed by atoms with Gasteiger partial charge >= 0.3 is 0 Å². The van der Waals surface area contributed by atoms with Gasteiger partial charge in [0.1, 0.15) is 37.1 Å². The fourth-order valence-corrected chi connectivity index (χ4v) is 6.64. The molecule has 12 nitrogen and oxygen atoms in total. The van der Waals surface area contributed by atoms with Crippen LogP contribution in [0.25, 0.3) is 34.2 Å². The van der Waals surface area contributed by atoms with Gasteiger partial charge in [-0.3, -0.25) is 0 Å². The summed E-state index contributed by atoms with van der Waals surface area (Å²) in [6.45, 7) is 18.8. The lowest BCUT2D eigenvalue weighted by Crippen LogP contribution is -2.07. The molecule has 0 saturated heterocycles. The monoisotopic (exact) mass is 943 g/mol. The molecule has 6 rings (SSSR count). The van der Waals surface area contributed by atoms with Gasteiger partial charge in [-0.05, 0) is 141 Å².